The normalized spacial score (nSPS) is 15.7. The minimum atomic E-state index is -0.537. The summed E-state index contributed by atoms with van der Waals surface area (Å²) in [4.78, 5) is 26.1. The summed E-state index contributed by atoms with van der Waals surface area (Å²) in [5.74, 6) is 0.835. The molecule has 0 aliphatic carbocycles. The van der Waals surface area contributed by atoms with Gasteiger partial charge in [-0.15, -0.1) is 0 Å². The van der Waals surface area contributed by atoms with Gasteiger partial charge in [0.2, 0.25) is 5.91 Å². The van der Waals surface area contributed by atoms with E-state index in [1.54, 1.807) is 27.9 Å². The van der Waals surface area contributed by atoms with E-state index in [0.717, 1.165) is 38.2 Å². The molecule has 2 rings (SSSR count). The van der Waals surface area contributed by atoms with E-state index in [4.69, 9.17) is 9.47 Å². The second-order valence-corrected chi connectivity index (χ2v) is 8.15. The van der Waals surface area contributed by atoms with E-state index in [9.17, 15) is 9.59 Å². The van der Waals surface area contributed by atoms with Gasteiger partial charge in [-0.1, -0.05) is 12.1 Å². The number of carbonyl (C=O) groups excluding carboxylic acids is 2. The van der Waals surface area contributed by atoms with Crippen LogP contribution in [0.4, 0.5) is 4.79 Å². The molecule has 1 aliphatic rings. The van der Waals surface area contributed by atoms with E-state index < -0.39 is 11.7 Å². The first-order valence-corrected chi connectivity index (χ1v) is 9.86. The maximum Gasteiger partial charge on any atom is 0.407 e. The quantitative estimate of drug-likeness (QED) is 0.747. The summed E-state index contributed by atoms with van der Waals surface area (Å²) in [6, 6.07) is 8.31. The van der Waals surface area contributed by atoms with Crippen LogP contribution in [-0.4, -0.2) is 55.3 Å². The van der Waals surface area contributed by atoms with Crippen molar-refractivity contribution in [3.05, 3.63) is 29.8 Å². The number of likely N-dealkylation sites (tertiary alicyclic amines) is 1. The SMILES string of the molecule is COc1cccc(CN2CCC(NC(=O)CCNC(=O)OC(C)(C)C)CC2)c1. The standard InChI is InChI=1S/C21H33N3O4/c1-21(2,3)28-20(26)22-11-8-19(25)23-17-9-12-24(13-10-17)15-16-6-5-7-18(14-16)27-4/h5-7,14,17H,8-13,15H2,1-4H3,(H,22,26)(H,23,25). The van der Waals surface area contributed by atoms with Crippen LogP contribution in [-0.2, 0) is 16.1 Å². The minimum absolute atomic E-state index is 0.0395. The van der Waals surface area contributed by atoms with Gasteiger partial charge in [0, 0.05) is 38.6 Å². The highest BCUT2D eigenvalue weighted by molar-refractivity contribution is 5.77. The lowest BCUT2D eigenvalue weighted by molar-refractivity contribution is -0.122. The van der Waals surface area contributed by atoms with Gasteiger partial charge in [0.05, 0.1) is 7.11 Å². The zero-order valence-electron chi connectivity index (χ0n) is 17.4. The molecule has 156 valence electrons. The summed E-state index contributed by atoms with van der Waals surface area (Å²) < 4.78 is 10.4. The van der Waals surface area contributed by atoms with Gasteiger partial charge < -0.3 is 20.1 Å². The van der Waals surface area contributed by atoms with Crippen LogP contribution >= 0.6 is 0 Å². The predicted molar refractivity (Wildman–Crippen MR) is 108 cm³/mol. The molecule has 28 heavy (non-hydrogen) atoms. The fraction of sp³-hybridized carbons (Fsp3) is 0.619. The summed E-state index contributed by atoms with van der Waals surface area (Å²) in [5, 5.41) is 5.68. The van der Waals surface area contributed by atoms with Crippen LogP contribution in [0.25, 0.3) is 0 Å². The lowest BCUT2D eigenvalue weighted by Gasteiger charge is -2.32. The molecule has 1 saturated heterocycles. The van der Waals surface area contributed by atoms with Crippen LogP contribution in [0.2, 0.25) is 0 Å². The number of amides is 2. The molecule has 1 aromatic rings. The lowest BCUT2D eigenvalue weighted by atomic mass is 10.0. The molecule has 7 heteroatoms. The lowest BCUT2D eigenvalue weighted by Crippen LogP contribution is -2.45. The number of nitrogens with zero attached hydrogens (tertiary/aromatic N) is 1. The highest BCUT2D eigenvalue weighted by atomic mass is 16.6. The molecule has 0 saturated carbocycles. The smallest absolute Gasteiger partial charge is 0.407 e. The van der Waals surface area contributed by atoms with Crippen molar-refractivity contribution in [3.8, 4) is 5.75 Å². The molecule has 1 fully saturated rings. The molecule has 0 aromatic heterocycles. The van der Waals surface area contributed by atoms with Gasteiger partial charge in [0.1, 0.15) is 11.4 Å². The van der Waals surface area contributed by atoms with Gasteiger partial charge in [-0.2, -0.15) is 0 Å². The third-order valence-corrected chi connectivity index (χ3v) is 4.51. The zero-order chi connectivity index (χ0) is 20.6. The largest absolute Gasteiger partial charge is 0.497 e. The van der Waals surface area contributed by atoms with Crippen LogP contribution in [0.1, 0.15) is 45.6 Å². The van der Waals surface area contributed by atoms with Crippen LogP contribution in [0.3, 0.4) is 0 Å². The molecular weight excluding hydrogens is 358 g/mol. The molecular formula is C21H33N3O4. The summed E-state index contributed by atoms with van der Waals surface area (Å²) in [7, 11) is 1.68. The van der Waals surface area contributed by atoms with Crippen LogP contribution in [0, 0.1) is 0 Å². The summed E-state index contributed by atoms with van der Waals surface area (Å²) in [6.07, 6.45) is 1.61. The van der Waals surface area contributed by atoms with Crippen molar-refractivity contribution < 1.29 is 19.1 Å². The Morgan fingerprint density at radius 3 is 2.57 bits per heavy atom. The molecule has 1 aromatic carbocycles. The first-order valence-electron chi connectivity index (χ1n) is 9.86. The number of hydrogen-bond donors (Lipinski definition) is 2. The Balaban J connectivity index is 1.63. The fourth-order valence-corrected chi connectivity index (χ4v) is 3.16. The van der Waals surface area contributed by atoms with Crippen molar-refractivity contribution in [2.24, 2.45) is 0 Å². The maximum atomic E-state index is 12.1. The van der Waals surface area contributed by atoms with E-state index in [2.05, 4.69) is 27.7 Å². The maximum absolute atomic E-state index is 12.1. The highest BCUT2D eigenvalue weighted by Gasteiger charge is 2.21. The molecule has 0 spiro atoms. The Morgan fingerprint density at radius 2 is 1.93 bits per heavy atom. The van der Waals surface area contributed by atoms with E-state index in [-0.39, 0.29) is 24.9 Å². The molecule has 0 atom stereocenters. The third kappa shape index (κ3) is 8.17. The number of alkyl carbamates (subject to hydrolysis) is 1. The molecule has 0 bridgehead atoms. The average Bonchev–Trinajstić information content (AvgIpc) is 2.62. The van der Waals surface area contributed by atoms with E-state index >= 15 is 0 Å². The first-order chi connectivity index (χ1) is 13.2. The Hall–Kier alpha value is -2.28. The molecule has 2 amide bonds. The van der Waals surface area contributed by atoms with Crippen LogP contribution in [0.15, 0.2) is 24.3 Å². The molecule has 0 unspecified atom stereocenters. The Kier molecular flexibility index (Phi) is 8.11. The molecule has 1 aliphatic heterocycles. The monoisotopic (exact) mass is 391 g/mol. The van der Waals surface area contributed by atoms with Gasteiger partial charge in [0.25, 0.3) is 0 Å². The van der Waals surface area contributed by atoms with Crippen molar-refractivity contribution in [2.75, 3.05) is 26.7 Å². The van der Waals surface area contributed by atoms with Gasteiger partial charge in [-0.3, -0.25) is 9.69 Å². The summed E-state index contributed by atoms with van der Waals surface area (Å²) in [6.45, 7) is 8.46. The van der Waals surface area contributed by atoms with Gasteiger partial charge in [0.15, 0.2) is 0 Å². The average molecular weight is 392 g/mol. The van der Waals surface area contributed by atoms with Crippen molar-refractivity contribution in [3.63, 3.8) is 0 Å². The number of piperidine rings is 1. The third-order valence-electron chi connectivity index (χ3n) is 4.51. The van der Waals surface area contributed by atoms with Gasteiger partial charge in [-0.05, 0) is 51.3 Å². The molecule has 0 radical (unpaired) electrons. The van der Waals surface area contributed by atoms with E-state index in [1.165, 1.54) is 5.56 Å². The van der Waals surface area contributed by atoms with Crippen molar-refractivity contribution in [1.29, 1.82) is 0 Å². The Morgan fingerprint density at radius 1 is 1.21 bits per heavy atom. The van der Waals surface area contributed by atoms with Crippen LogP contribution < -0.4 is 15.4 Å². The second-order valence-electron chi connectivity index (χ2n) is 8.15. The Labute approximate surface area is 167 Å². The van der Waals surface area contributed by atoms with Gasteiger partial charge in [-0.25, -0.2) is 4.79 Å². The topological polar surface area (TPSA) is 79.9 Å². The van der Waals surface area contributed by atoms with E-state index in [0.29, 0.717) is 0 Å². The van der Waals surface area contributed by atoms with Gasteiger partial charge >= 0.3 is 6.09 Å². The molecule has 1 heterocycles. The van der Waals surface area contributed by atoms with Crippen molar-refractivity contribution >= 4 is 12.0 Å². The number of nitrogens with one attached hydrogen (secondary N) is 2. The number of carbonyl (C=O) groups is 2. The zero-order valence-corrected chi connectivity index (χ0v) is 17.4. The molecule has 2 N–H and O–H groups in total. The van der Waals surface area contributed by atoms with Crippen molar-refractivity contribution in [1.82, 2.24) is 15.5 Å². The summed E-state index contributed by atoms with van der Waals surface area (Å²) in [5.41, 5.74) is 0.695. The number of ether oxygens (including phenoxy) is 2. The minimum Gasteiger partial charge on any atom is -0.497 e. The molecule has 7 nitrogen and oxygen atoms in total. The Bertz CT molecular complexity index is 649. The van der Waals surface area contributed by atoms with Crippen molar-refractivity contribution in [2.45, 2.75) is 58.2 Å². The fourth-order valence-electron chi connectivity index (χ4n) is 3.16. The predicted octanol–water partition coefficient (Wildman–Crippen LogP) is 2.69. The number of rotatable bonds is 7. The second kappa shape index (κ2) is 10.3. The van der Waals surface area contributed by atoms with Crippen LogP contribution in [0.5, 0.6) is 5.75 Å². The first kappa shape index (κ1) is 22.0. The summed E-state index contributed by atoms with van der Waals surface area (Å²) >= 11 is 0. The number of hydrogen-bond acceptors (Lipinski definition) is 5. The van der Waals surface area contributed by atoms with E-state index in [1.807, 2.05) is 12.1 Å². The number of methoxy groups -OCH3 is 1. The number of benzene rings is 1. The highest BCUT2D eigenvalue weighted by Crippen LogP contribution is 2.17.